The molecule has 0 spiro atoms. The van der Waals surface area contributed by atoms with Gasteiger partial charge < -0.3 is 0 Å². The lowest BCUT2D eigenvalue weighted by atomic mass is 10.1. The van der Waals surface area contributed by atoms with E-state index >= 15 is 0 Å². The summed E-state index contributed by atoms with van der Waals surface area (Å²) in [4.78, 5) is 9.18. The van der Waals surface area contributed by atoms with Crippen molar-refractivity contribution in [2.45, 2.75) is 13.8 Å². The van der Waals surface area contributed by atoms with E-state index in [9.17, 15) is 0 Å². The lowest BCUT2D eigenvalue weighted by Gasteiger charge is -2.02. The third-order valence-electron chi connectivity index (χ3n) is 2.69. The minimum absolute atomic E-state index is 0.990. The maximum atomic E-state index is 4.59. The first-order valence-corrected chi connectivity index (χ1v) is 5.79. The number of fused-ring (bicyclic) bond motifs is 2. The third-order valence-corrected chi connectivity index (χ3v) is 3.41. The zero-order chi connectivity index (χ0) is 10.4. The van der Waals surface area contributed by atoms with Crippen molar-refractivity contribution in [2.24, 2.45) is 0 Å². The third kappa shape index (κ3) is 1.31. The molecule has 0 atom stereocenters. The van der Waals surface area contributed by atoms with Crippen LogP contribution >= 0.6 is 11.3 Å². The minimum Gasteiger partial charge on any atom is -0.244 e. The first-order chi connectivity index (χ1) is 7.24. The monoisotopic (exact) mass is 214 g/mol. The molecular weight excluding hydrogens is 204 g/mol. The molecule has 0 aliphatic rings. The summed E-state index contributed by atoms with van der Waals surface area (Å²) in [6, 6.07) is 4.21. The van der Waals surface area contributed by atoms with E-state index in [1.54, 1.807) is 11.3 Å². The van der Waals surface area contributed by atoms with Crippen LogP contribution in [0.2, 0.25) is 0 Å². The first-order valence-electron chi connectivity index (χ1n) is 4.85. The Morgan fingerprint density at radius 3 is 1.73 bits per heavy atom. The molecule has 15 heavy (non-hydrogen) atoms. The van der Waals surface area contributed by atoms with E-state index in [-0.39, 0.29) is 0 Å². The standard InChI is InChI=1S/C12H10N2S/c1-7-3-9-10(4-8(7)2)14-12-6-15-5-11(12)13-9/h3-6H,1-2H3. The van der Waals surface area contributed by atoms with Gasteiger partial charge in [-0.05, 0) is 37.1 Å². The molecule has 3 heteroatoms. The number of hydrogen-bond donors (Lipinski definition) is 0. The van der Waals surface area contributed by atoms with Gasteiger partial charge in [0.15, 0.2) is 0 Å². The zero-order valence-corrected chi connectivity index (χ0v) is 9.43. The molecule has 2 heterocycles. The quantitative estimate of drug-likeness (QED) is 0.572. The summed E-state index contributed by atoms with van der Waals surface area (Å²) < 4.78 is 0. The molecule has 2 nitrogen and oxygen atoms in total. The molecule has 3 aromatic rings. The van der Waals surface area contributed by atoms with Crippen molar-refractivity contribution in [3.63, 3.8) is 0 Å². The van der Waals surface area contributed by atoms with Crippen molar-refractivity contribution >= 4 is 33.4 Å². The summed E-state index contributed by atoms with van der Waals surface area (Å²) in [6.07, 6.45) is 0. The number of nitrogens with zero attached hydrogens (tertiary/aromatic N) is 2. The van der Waals surface area contributed by atoms with Gasteiger partial charge in [-0.25, -0.2) is 9.97 Å². The van der Waals surface area contributed by atoms with Gasteiger partial charge >= 0.3 is 0 Å². The summed E-state index contributed by atoms with van der Waals surface area (Å²) in [5, 5.41) is 4.08. The highest BCUT2D eigenvalue weighted by molar-refractivity contribution is 7.09. The lowest BCUT2D eigenvalue weighted by molar-refractivity contribution is 1.32. The van der Waals surface area contributed by atoms with Crippen molar-refractivity contribution in [2.75, 3.05) is 0 Å². The number of aromatic nitrogens is 2. The fourth-order valence-corrected chi connectivity index (χ4v) is 2.35. The molecule has 0 unspecified atom stereocenters. The Morgan fingerprint density at radius 2 is 1.27 bits per heavy atom. The van der Waals surface area contributed by atoms with E-state index in [4.69, 9.17) is 0 Å². The fourth-order valence-electron chi connectivity index (χ4n) is 1.68. The largest absolute Gasteiger partial charge is 0.244 e. The first kappa shape index (κ1) is 8.80. The van der Waals surface area contributed by atoms with Gasteiger partial charge in [-0.2, -0.15) is 0 Å². The van der Waals surface area contributed by atoms with Gasteiger partial charge in [-0.15, -0.1) is 11.3 Å². The number of benzene rings is 1. The molecule has 0 N–H and O–H groups in total. The van der Waals surface area contributed by atoms with Crippen LogP contribution in [-0.4, -0.2) is 9.97 Å². The second-order valence-corrected chi connectivity index (χ2v) is 4.53. The van der Waals surface area contributed by atoms with Crippen LogP contribution in [0.1, 0.15) is 11.1 Å². The summed E-state index contributed by atoms with van der Waals surface area (Å²) in [6.45, 7) is 4.21. The highest BCUT2D eigenvalue weighted by Crippen LogP contribution is 2.21. The molecule has 0 saturated heterocycles. The zero-order valence-electron chi connectivity index (χ0n) is 8.61. The fraction of sp³-hybridized carbons (Fsp3) is 0.167. The average Bonchev–Trinajstić information content (AvgIpc) is 2.63. The average molecular weight is 214 g/mol. The van der Waals surface area contributed by atoms with Gasteiger partial charge in [0.05, 0.1) is 11.0 Å². The van der Waals surface area contributed by atoms with Crippen molar-refractivity contribution in [1.82, 2.24) is 9.97 Å². The molecule has 74 valence electrons. The van der Waals surface area contributed by atoms with E-state index in [1.807, 2.05) is 10.8 Å². The van der Waals surface area contributed by atoms with Crippen molar-refractivity contribution < 1.29 is 0 Å². The topological polar surface area (TPSA) is 25.8 Å². The molecule has 1 aromatic carbocycles. The Morgan fingerprint density at radius 1 is 0.800 bits per heavy atom. The van der Waals surface area contributed by atoms with Crippen LogP contribution in [0.15, 0.2) is 22.9 Å². The number of thiophene rings is 1. The number of hydrogen-bond acceptors (Lipinski definition) is 3. The molecular formula is C12H10N2S. The summed E-state index contributed by atoms with van der Waals surface area (Å²) in [7, 11) is 0. The predicted molar refractivity (Wildman–Crippen MR) is 64.4 cm³/mol. The highest BCUT2D eigenvalue weighted by Gasteiger charge is 2.03. The molecule has 3 rings (SSSR count). The summed E-state index contributed by atoms with van der Waals surface area (Å²) >= 11 is 1.65. The van der Waals surface area contributed by atoms with Crippen LogP contribution in [0.5, 0.6) is 0 Å². The van der Waals surface area contributed by atoms with E-state index < -0.39 is 0 Å². The van der Waals surface area contributed by atoms with Gasteiger partial charge in [0.1, 0.15) is 11.0 Å². The minimum atomic E-state index is 0.990. The molecule has 0 fully saturated rings. The van der Waals surface area contributed by atoms with Gasteiger partial charge in [-0.3, -0.25) is 0 Å². The van der Waals surface area contributed by atoms with E-state index in [1.165, 1.54) is 11.1 Å². The number of rotatable bonds is 0. The van der Waals surface area contributed by atoms with Gasteiger partial charge in [0, 0.05) is 10.8 Å². The highest BCUT2D eigenvalue weighted by atomic mass is 32.1. The molecule has 0 saturated carbocycles. The Bertz CT molecular complexity index is 600. The Balaban J connectivity index is 2.49. The normalized spacial score (nSPS) is 11.3. The SMILES string of the molecule is Cc1cc2nc3cscc3nc2cc1C. The maximum absolute atomic E-state index is 4.59. The predicted octanol–water partition coefficient (Wildman–Crippen LogP) is 3.46. The molecule has 0 radical (unpaired) electrons. The van der Waals surface area contributed by atoms with Gasteiger partial charge in [-0.1, -0.05) is 0 Å². The summed E-state index contributed by atoms with van der Waals surface area (Å²) in [5.41, 5.74) is 6.51. The molecule has 2 aromatic heterocycles. The molecule has 0 aliphatic carbocycles. The molecule has 0 aliphatic heterocycles. The van der Waals surface area contributed by atoms with Crippen molar-refractivity contribution in [1.29, 1.82) is 0 Å². The Labute approximate surface area is 91.6 Å². The molecule has 0 amide bonds. The van der Waals surface area contributed by atoms with Gasteiger partial charge in [0.25, 0.3) is 0 Å². The van der Waals surface area contributed by atoms with Crippen molar-refractivity contribution in [3.05, 3.63) is 34.0 Å². The Hall–Kier alpha value is -1.48. The second-order valence-electron chi connectivity index (χ2n) is 3.79. The lowest BCUT2D eigenvalue weighted by Crippen LogP contribution is -1.88. The van der Waals surface area contributed by atoms with Crippen LogP contribution in [-0.2, 0) is 0 Å². The van der Waals surface area contributed by atoms with E-state index in [0.717, 1.165) is 22.1 Å². The van der Waals surface area contributed by atoms with Gasteiger partial charge in [0.2, 0.25) is 0 Å². The van der Waals surface area contributed by atoms with Crippen LogP contribution in [0, 0.1) is 13.8 Å². The summed E-state index contributed by atoms with van der Waals surface area (Å²) in [5.74, 6) is 0. The van der Waals surface area contributed by atoms with Crippen LogP contribution < -0.4 is 0 Å². The smallest absolute Gasteiger partial charge is 0.100 e. The van der Waals surface area contributed by atoms with E-state index in [2.05, 4.69) is 35.9 Å². The van der Waals surface area contributed by atoms with Crippen LogP contribution in [0.3, 0.4) is 0 Å². The maximum Gasteiger partial charge on any atom is 0.100 e. The Kier molecular flexibility index (Phi) is 1.76. The van der Waals surface area contributed by atoms with E-state index in [0.29, 0.717) is 0 Å². The van der Waals surface area contributed by atoms with Crippen molar-refractivity contribution in [3.8, 4) is 0 Å². The molecule has 0 bridgehead atoms. The van der Waals surface area contributed by atoms with Crippen LogP contribution in [0.4, 0.5) is 0 Å². The number of aryl methyl sites for hydroxylation is 2. The second kappa shape index (κ2) is 3.00. The van der Waals surface area contributed by atoms with Crippen LogP contribution in [0.25, 0.3) is 22.1 Å².